The smallest absolute Gasteiger partial charge is 0.135 e. The Hall–Kier alpha value is -5.22. The Bertz CT molecular complexity index is 2770. The van der Waals surface area contributed by atoms with Gasteiger partial charge in [0.1, 0.15) is 11.2 Å². The summed E-state index contributed by atoms with van der Waals surface area (Å²) in [6.45, 7) is 0. The molecule has 0 saturated carbocycles. The van der Waals surface area contributed by atoms with Gasteiger partial charge in [-0.2, -0.15) is 0 Å². The zero-order valence-electron chi connectivity index (χ0n) is 24.1. The maximum absolute atomic E-state index is 6.08. The zero-order chi connectivity index (χ0) is 29.5. The van der Waals surface area contributed by atoms with Gasteiger partial charge in [-0.1, -0.05) is 78.9 Å². The van der Waals surface area contributed by atoms with Crippen LogP contribution in [0.3, 0.4) is 0 Å². The van der Waals surface area contributed by atoms with E-state index in [4.69, 9.17) is 4.42 Å². The van der Waals surface area contributed by atoms with E-state index in [9.17, 15) is 0 Å². The molecular weight excluding hydrogens is 585 g/mol. The van der Waals surface area contributed by atoms with Crippen LogP contribution in [0, 0.1) is 0 Å². The molecule has 0 aliphatic heterocycles. The molecule has 210 valence electrons. The first kappa shape index (κ1) is 25.1. The van der Waals surface area contributed by atoms with Crippen LogP contribution in [-0.4, -0.2) is 0 Å². The van der Waals surface area contributed by atoms with Crippen LogP contribution in [0.4, 0.5) is 0 Å². The van der Waals surface area contributed by atoms with Gasteiger partial charge >= 0.3 is 0 Å². The molecule has 0 aliphatic rings. The highest BCUT2D eigenvalue weighted by molar-refractivity contribution is 7.26. The van der Waals surface area contributed by atoms with Crippen LogP contribution < -0.4 is 0 Å². The molecule has 7 aromatic carbocycles. The molecule has 0 saturated heterocycles. The fourth-order valence-corrected chi connectivity index (χ4v) is 8.98. The van der Waals surface area contributed by atoms with Gasteiger partial charge in [-0.3, -0.25) is 0 Å². The largest absolute Gasteiger partial charge is 0.456 e. The molecule has 10 aromatic rings. The molecule has 3 heteroatoms. The fourth-order valence-electron chi connectivity index (χ4n) is 6.83. The summed E-state index contributed by atoms with van der Waals surface area (Å²) >= 11 is 3.73. The van der Waals surface area contributed by atoms with Crippen molar-refractivity contribution in [3.8, 4) is 33.4 Å². The van der Waals surface area contributed by atoms with E-state index in [1.807, 2.05) is 34.8 Å². The van der Waals surface area contributed by atoms with Crippen molar-refractivity contribution in [2.75, 3.05) is 0 Å². The summed E-state index contributed by atoms with van der Waals surface area (Å²) < 4.78 is 11.4. The SMILES string of the molecule is c1cc(-c2ccc3sc4ccccc4c3c2)cc(-c2ccc3sc4ccc(-c5ccc6oc7ccccc7c6c5)cc4c3c2)c1. The van der Waals surface area contributed by atoms with Gasteiger partial charge in [-0.15, -0.1) is 22.7 Å². The van der Waals surface area contributed by atoms with Crippen molar-refractivity contribution in [3.05, 3.63) is 146 Å². The maximum atomic E-state index is 6.08. The van der Waals surface area contributed by atoms with E-state index in [-0.39, 0.29) is 0 Å². The Labute approximate surface area is 267 Å². The molecule has 1 nitrogen and oxygen atoms in total. The van der Waals surface area contributed by atoms with Crippen LogP contribution in [0.25, 0.3) is 95.7 Å². The molecule has 0 bridgehead atoms. The van der Waals surface area contributed by atoms with Crippen LogP contribution in [0.15, 0.2) is 150 Å². The van der Waals surface area contributed by atoms with E-state index in [1.165, 1.54) is 73.7 Å². The zero-order valence-corrected chi connectivity index (χ0v) is 25.7. The topological polar surface area (TPSA) is 13.1 Å². The van der Waals surface area contributed by atoms with Gasteiger partial charge in [-0.25, -0.2) is 0 Å². The monoisotopic (exact) mass is 608 g/mol. The maximum Gasteiger partial charge on any atom is 0.135 e. The second kappa shape index (κ2) is 9.64. The number of rotatable bonds is 3. The molecule has 3 heterocycles. The third-order valence-corrected chi connectivity index (χ3v) is 11.4. The van der Waals surface area contributed by atoms with E-state index in [2.05, 4.69) is 133 Å². The summed E-state index contributed by atoms with van der Waals surface area (Å²) in [6.07, 6.45) is 0. The molecule has 45 heavy (non-hydrogen) atoms. The molecule has 0 spiro atoms. The molecule has 10 rings (SSSR count). The molecule has 3 aromatic heterocycles. The lowest BCUT2D eigenvalue weighted by molar-refractivity contribution is 0.669. The average Bonchev–Trinajstić information content (AvgIpc) is 3.78. The minimum absolute atomic E-state index is 0.928. The molecule has 0 aliphatic carbocycles. The third-order valence-electron chi connectivity index (χ3n) is 9.09. The van der Waals surface area contributed by atoms with Crippen molar-refractivity contribution in [3.63, 3.8) is 0 Å². The van der Waals surface area contributed by atoms with Gasteiger partial charge < -0.3 is 4.42 Å². The summed E-state index contributed by atoms with van der Waals surface area (Å²) in [7, 11) is 0. The van der Waals surface area contributed by atoms with E-state index in [0.717, 1.165) is 21.9 Å². The van der Waals surface area contributed by atoms with Crippen molar-refractivity contribution in [1.82, 2.24) is 0 Å². The fraction of sp³-hybridized carbons (Fsp3) is 0. The third kappa shape index (κ3) is 3.98. The Kier molecular flexibility index (Phi) is 5.39. The first-order valence-electron chi connectivity index (χ1n) is 15.2. The second-order valence-electron chi connectivity index (χ2n) is 11.7. The van der Waals surface area contributed by atoms with Crippen molar-refractivity contribution >= 4 is 85.0 Å². The van der Waals surface area contributed by atoms with Gasteiger partial charge in [-0.05, 0) is 100 Å². The highest BCUT2D eigenvalue weighted by atomic mass is 32.1. The average molecular weight is 609 g/mol. The number of hydrogen-bond acceptors (Lipinski definition) is 3. The van der Waals surface area contributed by atoms with E-state index in [1.54, 1.807) is 0 Å². The minimum atomic E-state index is 0.928. The first-order valence-corrected chi connectivity index (χ1v) is 16.8. The Morgan fingerprint density at radius 3 is 1.38 bits per heavy atom. The minimum Gasteiger partial charge on any atom is -0.456 e. The van der Waals surface area contributed by atoms with Crippen LogP contribution in [0.1, 0.15) is 0 Å². The predicted octanol–water partition coefficient (Wildman–Crippen LogP) is 13.3. The molecule has 0 fully saturated rings. The van der Waals surface area contributed by atoms with E-state index in [0.29, 0.717) is 0 Å². The number of hydrogen-bond donors (Lipinski definition) is 0. The molecule has 0 radical (unpaired) electrons. The van der Waals surface area contributed by atoms with E-state index >= 15 is 0 Å². The van der Waals surface area contributed by atoms with Crippen molar-refractivity contribution in [2.45, 2.75) is 0 Å². The van der Waals surface area contributed by atoms with Gasteiger partial charge in [0.2, 0.25) is 0 Å². The van der Waals surface area contributed by atoms with Gasteiger partial charge in [0, 0.05) is 51.1 Å². The predicted molar refractivity (Wildman–Crippen MR) is 196 cm³/mol. The Balaban J connectivity index is 1.07. The first-order chi connectivity index (χ1) is 22.2. The normalized spacial score (nSPS) is 12.0. The highest BCUT2D eigenvalue weighted by Crippen LogP contribution is 2.41. The summed E-state index contributed by atoms with van der Waals surface area (Å²) in [5.74, 6) is 0. The van der Waals surface area contributed by atoms with E-state index < -0.39 is 0 Å². The van der Waals surface area contributed by atoms with Crippen molar-refractivity contribution < 1.29 is 4.42 Å². The van der Waals surface area contributed by atoms with Crippen molar-refractivity contribution in [2.24, 2.45) is 0 Å². The van der Waals surface area contributed by atoms with Gasteiger partial charge in [0.15, 0.2) is 0 Å². The highest BCUT2D eigenvalue weighted by Gasteiger charge is 2.13. The summed E-state index contributed by atoms with van der Waals surface area (Å²) in [5.41, 5.74) is 9.25. The lowest BCUT2D eigenvalue weighted by atomic mass is 9.96. The molecular formula is C42H24OS2. The standard InChI is InChI=1S/C42H24OS2/c1-3-10-37-31(8-1)33-21-27(12-16-38(33)43-37)30-15-19-42-36(24-30)35-23-29(14-18-41(35)45-42)26-7-5-6-25(20-26)28-13-17-40-34(22-28)32-9-2-4-11-39(32)44-40/h1-24H. The number of para-hydroxylation sites is 1. The van der Waals surface area contributed by atoms with Crippen molar-refractivity contribution in [1.29, 1.82) is 0 Å². The quantitative estimate of drug-likeness (QED) is 0.194. The number of thiophene rings is 2. The molecule has 0 unspecified atom stereocenters. The summed E-state index contributed by atoms with van der Waals surface area (Å²) in [6, 6.07) is 53.2. The lowest BCUT2D eigenvalue weighted by Crippen LogP contribution is -1.82. The Morgan fingerprint density at radius 1 is 0.289 bits per heavy atom. The van der Waals surface area contributed by atoms with Crippen LogP contribution >= 0.6 is 22.7 Å². The lowest BCUT2D eigenvalue weighted by Gasteiger charge is -2.08. The van der Waals surface area contributed by atoms with Crippen LogP contribution in [-0.2, 0) is 0 Å². The second-order valence-corrected chi connectivity index (χ2v) is 13.9. The summed E-state index contributed by atoms with van der Waals surface area (Å²) in [5, 5.41) is 7.60. The Morgan fingerprint density at radius 2 is 0.733 bits per heavy atom. The number of benzene rings is 7. The number of furan rings is 1. The molecule has 0 N–H and O–H groups in total. The van der Waals surface area contributed by atoms with Gasteiger partial charge in [0.25, 0.3) is 0 Å². The summed E-state index contributed by atoms with van der Waals surface area (Å²) in [4.78, 5) is 0. The van der Waals surface area contributed by atoms with Gasteiger partial charge in [0.05, 0.1) is 0 Å². The molecule has 0 amide bonds. The number of fused-ring (bicyclic) bond motifs is 9. The van der Waals surface area contributed by atoms with Crippen LogP contribution in [0.2, 0.25) is 0 Å². The van der Waals surface area contributed by atoms with Crippen LogP contribution in [0.5, 0.6) is 0 Å². The molecule has 0 atom stereocenters.